The Labute approximate surface area is 137 Å². The maximum Gasteiger partial charge on any atom is 0.143 e. The molecule has 0 saturated heterocycles. The summed E-state index contributed by atoms with van der Waals surface area (Å²) in [6.07, 6.45) is 2.33. The zero-order valence-electron chi connectivity index (χ0n) is 11.8. The second-order valence-electron chi connectivity index (χ2n) is 5.14. The summed E-state index contributed by atoms with van der Waals surface area (Å²) in [6, 6.07) is 5.61. The molecule has 1 heterocycles. The zero-order chi connectivity index (χ0) is 15.0. The van der Waals surface area contributed by atoms with Crippen LogP contribution in [0.25, 0.3) is 0 Å². The number of nitrogens with one attached hydrogen (secondary N) is 1. The van der Waals surface area contributed by atoms with Gasteiger partial charge in [0.1, 0.15) is 22.0 Å². The smallest absolute Gasteiger partial charge is 0.143 e. The van der Waals surface area contributed by atoms with Gasteiger partial charge in [0.2, 0.25) is 0 Å². The van der Waals surface area contributed by atoms with Crippen LogP contribution in [0.1, 0.15) is 30.1 Å². The van der Waals surface area contributed by atoms with Gasteiger partial charge in [-0.15, -0.1) is 0 Å². The van der Waals surface area contributed by atoms with E-state index in [1.54, 1.807) is 13.2 Å². The second kappa shape index (κ2) is 5.81. The van der Waals surface area contributed by atoms with Gasteiger partial charge in [-0.05, 0) is 47.3 Å². The lowest BCUT2D eigenvalue weighted by atomic mass is 10.2. The van der Waals surface area contributed by atoms with Gasteiger partial charge in [-0.25, -0.2) is 9.97 Å². The van der Waals surface area contributed by atoms with Gasteiger partial charge in [0.05, 0.1) is 12.8 Å². The summed E-state index contributed by atoms with van der Waals surface area (Å²) in [4.78, 5) is 9.00. The highest BCUT2D eigenvalue weighted by Gasteiger charge is 2.27. The first-order valence-electron chi connectivity index (χ1n) is 6.72. The first kappa shape index (κ1) is 14.6. The summed E-state index contributed by atoms with van der Waals surface area (Å²) in [6.45, 7) is 1.96. The number of ether oxygens (including phenoxy) is 1. The van der Waals surface area contributed by atoms with Crippen molar-refractivity contribution < 1.29 is 4.74 Å². The molecule has 0 unspecified atom stereocenters. The fourth-order valence-corrected chi connectivity index (χ4v) is 2.64. The quantitative estimate of drug-likeness (QED) is 0.785. The van der Waals surface area contributed by atoms with E-state index in [4.69, 9.17) is 16.3 Å². The average Bonchev–Trinajstić information content (AvgIpc) is 3.26. The first-order chi connectivity index (χ1) is 10.1. The van der Waals surface area contributed by atoms with Crippen molar-refractivity contribution in [2.75, 3.05) is 12.4 Å². The Hall–Kier alpha value is -1.33. The SMILES string of the molecule is COc1cc(Cl)c(C)cc1Nc1cc(Br)nc(C2CC2)n1. The standard InChI is InChI=1S/C15H15BrClN3O/c1-8-5-11(12(21-2)6-10(8)17)18-14-7-13(16)19-15(20-14)9-3-4-9/h5-7,9H,3-4H2,1-2H3,(H,18,19,20). The molecule has 21 heavy (non-hydrogen) atoms. The van der Waals surface area contributed by atoms with E-state index < -0.39 is 0 Å². The van der Waals surface area contributed by atoms with Gasteiger partial charge in [0.15, 0.2) is 0 Å². The molecule has 0 spiro atoms. The lowest BCUT2D eigenvalue weighted by Crippen LogP contribution is -2.01. The zero-order valence-corrected chi connectivity index (χ0v) is 14.1. The van der Waals surface area contributed by atoms with Gasteiger partial charge in [-0.1, -0.05) is 11.6 Å². The van der Waals surface area contributed by atoms with Gasteiger partial charge in [-0.2, -0.15) is 0 Å². The normalized spacial score (nSPS) is 14.1. The Balaban J connectivity index is 1.94. The number of methoxy groups -OCH3 is 1. The molecule has 1 aliphatic carbocycles. The number of benzene rings is 1. The molecule has 4 nitrogen and oxygen atoms in total. The maximum absolute atomic E-state index is 6.13. The molecule has 1 fully saturated rings. The number of aromatic nitrogens is 2. The fourth-order valence-electron chi connectivity index (χ4n) is 2.09. The highest BCUT2D eigenvalue weighted by molar-refractivity contribution is 9.10. The van der Waals surface area contributed by atoms with Gasteiger partial charge < -0.3 is 10.1 Å². The van der Waals surface area contributed by atoms with Crippen LogP contribution in [0.15, 0.2) is 22.8 Å². The van der Waals surface area contributed by atoms with Crippen molar-refractivity contribution in [2.45, 2.75) is 25.7 Å². The van der Waals surface area contributed by atoms with E-state index in [9.17, 15) is 0 Å². The lowest BCUT2D eigenvalue weighted by Gasteiger charge is -2.13. The molecule has 3 rings (SSSR count). The largest absolute Gasteiger partial charge is 0.495 e. The minimum absolute atomic E-state index is 0.497. The number of hydrogen-bond donors (Lipinski definition) is 1. The summed E-state index contributed by atoms with van der Waals surface area (Å²) in [7, 11) is 1.62. The summed E-state index contributed by atoms with van der Waals surface area (Å²) in [5.41, 5.74) is 1.82. The van der Waals surface area contributed by atoms with Crippen molar-refractivity contribution in [1.82, 2.24) is 9.97 Å². The van der Waals surface area contributed by atoms with Crippen LogP contribution < -0.4 is 10.1 Å². The van der Waals surface area contributed by atoms with Crippen molar-refractivity contribution in [1.29, 1.82) is 0 Å². The summed E-state index contributed by atoms with van der Waals surface area (Å²) >= 11 is 9.57. The summed E-state index contributed by atoms with van der Waals surface area (Å²) < 4.78 is 6.16. The Morgan fingerprint density at radius 2 is 2.05 bits per heavy atom. The highest BCUT2D eigenvalue weighted by atomic mass is 79.9. The van der Waals surface area contributed by atoms with Crippen LogP contribution in [0.5, 0.6) is 5.75 Å². The number of nitrogens with zero attached hydrogens (tertiary/aromatic N) is 2. The molecule has 0 aliphatic heterocycles. The van der Waals surface area contributed by atoms with E-state index >= 15 is 0 Å². The molecule has 0 amide bonds. The van der Waals surface area contributed by atoms with E-state index in [0.717, 1.165) is 27.5 Å². The number of rotatable bonds is 4. The van der Waals surface area contributed by atoms with Crippen LogP contribution in [0.3, 0.4) is 0 Å². The Kier molecular flexibility index (Phi) is 4.04. The number of halogens is 2. The topological polar surface area (TPSA) is 47.0 Å². The lowest BCUT2D eigenvalue weighted by molar-refractivity contribution is 0.416. The van der Waals surface area contributed by atoms with E-state index in [0.29, 0.717) is 16.7 Å². The summed E-state index contributed by atoms with van der Waals surface area (Å²) in [5, 5.41) is 3.97. The molecule has 1 N–H and O–H groups in total. The van der Waals surface area contributed by atoms with E-state index in [-0.39, 0.29) is 0 Å². The third-order valence-electron chi connectivity index (χ3n) is 3.40. The molecule has 1 aromatic heterocycles. The maximum atomic E-state index is 6.13. The third kappa shape index (κ3) is 3.30. The van der Waals surface area contributed by atoms with Crippen LogP contribution in [0.4, 0.5) is 11.5 Å². The molecule has 1 saturated carbocycles. The molecule has 110 valence electrons. The number of hydrogen-bond acceptors (Lipinski definition) is 4. The minimum Gasteiger partial charge on any atom is -0.495 e. The van der Waals surface area contributed by atoms with Crippen molar-refractivity contribution in [3.63, 3.8) is 0 Å². The van der Waals surface area contributed by atoms with E-state index in [1.165, 1.54) is 12.8 Å². The van der Waals surface area contributed by atoms with Crippen LogP contribution in [0, 0.1) is 6.92 Å². The van der Waals surface area contributed by atoms with Crippen LogP contribution >= 0.6 is 27.5 Å². The minimum atomic E-state index is 0.497. The highest BCUT2D eigenvalue weighted by Crippen LogP contribution is 2.39. The van der Waals surface area contributed by atoms with E-state index in [1.807, 2.05) is 19.1 Å². The molecule has 0 atom stereocenters. The fraction of sp³-hybridized carbons (Fsp3) is 0.333. The van der Waals surface area contributed by atoms with Gasteiger partial charge >= 0.3 is 0 Å². The van der Waals surface area contributed by atoms with Gasteiger partial charge in [-0.3, -0.25) is 0 Å². The molecule has 2 aromatic rings. The van der Waals surface area contributed by atoms with Crippen molar-refractivity contribution >= 4 is 39.0 Å². The second-order valence-corrected chi connectivity index (χ2v) is 6.35. The van der Waals surface area contributed by atoms with E-state index in [2.05, 4.69) is 31.2 Å². The first-order valence-corrected chi connectivity index (χ1v) is 7.89. The molecular weight excluding hydrogens is 354 g/mol. The summed E-state index contributed by atoms with van der Waals surface area (Å²) in [5.74, 6) is 2.82. The van der Waals surface area contributed by atoms with Crippen LogP contribution in [-0.2, 0) is 0 Å². The van der Waals surface area contributed by atoms with Gasteiger partial charge in [0.25, 0.3) is 0 Å². The Morgan fingerprint density at radius 1 is 1.29 bits per heavy atom. The van der Waals surface area contributed by atoms with Crippen molar-refractivity contribution in [3.8, 4) is 5.75 Å². The molecule has 0 radical (unpaired) electrons. The molecule has 1 aromatic carbocycles. The third-order valence-corrected chi connectivity index (χ3v) is 4.21. The monoisotopic (exact) mass is 367 g/mol. The molecule has 6 heteroatoms. The molecule has 1 aliphatic rings. The van der Waals surface area contributed by atoms with Crippen molar-refractivity contribution in [2.24, 2.45) is 0 Å². The molecular formula is C15H15BrClN3O. The van der Waals surface area contributed by atoms with Gasteiger partial charge in [0, 0.05) is 23.1 Å². The number of aryl methyl sites for hydroxylation is 1. The predicted octanol–water partition coefficient (Wildman–Crippen LogP) is 4.83. The van der Waals surface area contributed by atoms with Crippen molar-refractivity contribution in [3.05, 3.63) is 39.2 Å². The predicted molar refractivity (Wildman–Crippen MR) is 87.7 cm³/mol. The number of anilines is 2. The molecule has 0 bridgehead atoms. The Bertz CT molecular complexity index is 689. The van der Waals surface area contributed by atoms with Crippen LogP contribution in [0.2, 0.25) is 5.02 Å². The Morgan fingerprint density at radius 3 is 2.71 bits per heavy atom. The average molecular weight is 369 g/mol. The van der Waals surface area contributed by atoms with Crippen LogP contribution in [-0.4, -0.2) is 17.1 Å².